The molecule has 6 heteroatoms. The third kappa shape index (κ3) is 5.77. The van der Waals surface area contributed by atoms with E-state index in [1.807, 2.05) is 24.4 Å². The molecule has 9 rings (SSSR count). The van der Waals surface area contributed by atoms with Crippen molar-refractivity contribution in [2.75, 3.05) is 11.9 Å². The Balaban J connectivity index is 0.000000155. The molecule has 0 saturated carbocycles. The van der Waals surface area contributed by atoms with E-state index in [-0.39, 0.29) is 20.1 Å². The number of anilines is 1. The summed E-state index contributed by atoms with van der Waals surface area (Å²) in [6.45, 7) is 8.98. The number of hydrogen-bond donors (Lipinski definition) is 0. The third-order valence-corrected chi connectivity index (χ3v) is 10.00. The fourth-order valence-electron chi connectivity index (χ4n) is 7.56. The van der Waals surface area contributed by atoms with Gasteiger partial charge in [0.2, 0.25) is 0 Å². The Morgan fingerprint density at radius 2 is 1.46 bits per heavy atom. The van der Waals surface area contributed by atoms with Crippen molar-refractivity contribution >= 4 is 27.5 Å². The number of likely N-dealkylation sites (N-methyl/N-ethyl adjacent to an activating group) is 1. The molecular weight excluding hydrogens is 791 g/mol. The zero-order valence-corrected chi connectivity index (χ0v) is 31.6. The van der Waals surface area contributed by atoms with E-state index in [0.717, 1.165) is 17.8 Å². The van der Waals surface area contributed by atoms with Crippen molar-refractivity contribution < 1.29 is 20.1 Å². The van der Waals surface area contributed by atoms with Crippen LogP contribution in [0.25, 0.3) is 44.6 Å². The number of aromatic nitrogens is 3. The first-order chi connectivity index (χ1) is 23.9. The molecule has 2 aliphatic rings. The molecule has 5 aromatic carbocycles. The van der Waals surface area contributed by atoms with Crippen molar-refractivity contribution in [2.24, 2.45) is 0 Å². The number of benzene rings is 5. The van der Waals surface area contributed by atoms with Crippen LogP contribution >= 0.6 is 0 Å². The van der Waals surface area contributed by atoms with Crippen molar-refractivity contribution in [3.63, 3.8) is 0 Å². The van der Waals surface area contributed by atoms with Gasteiger partial charge in [-0.3, -0.25) is 4.98 Å². The Morgan fingerprint density at radius 1 is 0.740 bits per heavy atom. The zero-order chi connectivity index (χ0) is 33.6. The second-order valence-corrected chi connectivity index (χ2v) is 13.7. The molecule has 50 heavy (non-hydrogen) atoms. The summed E-state index contributed by atoms with van der Waals surface area (Å²) in [6, 6.07) is 42.1. The number of imidazole rings is 1. The molecular formula is C44H42IrN5-. The van der Waals surface area contributed by atoms with Crippen LogP contribution in [0.3, 0.4) is 0 Å². The molecule has 2 aromatic heterocycles. The van der Waals surface area contributed by atoms with E-state index >= 15 is 0 Å². The molecule has 0 aliphatic carbocycles. The molecule has 1 atom stereocenters. The van der Waals surface area contributed by atoms with E-state index in [1.54, 1.807) is 0 Å². The first-order valence-corrected chi connectivity index (χ1v) is 17.3. The van der Waals surface area contributed by atoms with Gasteiger partial charge in [-0.1, -0.05) is 82.3 Å². The molecule has 1 radical (unpaired) electrons. The Labute approximate surface area is 308 Å². The van der Waals surface area contributed by atoms with Gasteiger partial charge in [-0.2, -0.15) is 0 Å². The molecule has 7 aromatic rings. The standard InChI is InChI=1S/C23H19N3.C21H23N2.Ir/c1-24-11-12-25-21-15-19-18-9-5-6-10-20(18)26(17-7-3-2-4-8-17)22(19)13-16(21)14-23(24)25;1-15(2)18-11-8-12-19(16(3)4)20(18)23-14-13-22-21(23)17-9-6-5-7-10-17;/h2-13,15,23H,14H2,1H3;5-9,11-16H,1-4H3;/q;-1;. The quantitative estimate of drug-likeness (QED) is 0.162. The molecule has 2 aliphatic heterocycles. The van der Waals surface area contributed by atoms with Gasteiger partial charge in [0.1, 0.15) is 6.17 Å². The molecule has 0 saturated heterocycles. The Bertz CT molecular complexity index is 2270. The monoisotopic (exact) mass is 833 g/mol. The minimum atomic E-state index is 0. The number of rotatable bonds is 5. The maximum atomic E-state index is 4.60. The predicted octanol–water partition coefficient (Wildman–Crippen LogP) is 10.5. The van der Waals surface area contributed by atoms with Crippen molar-refractivity contribution in [3.05, 3.63) is 157 Å². The summed E-state index contributed by atoms with van der Waals surface area (Å²) in [5.74, 6) is 1.86. The van der Waals surface area contributed by atoms with Gasteiger partial charge in [-0.15, -0.1) is 35.9 Å². The van der Waals surface area contributed by atoms with E-state index < -0.39 is 0 Å². The minimum absolute atomic E-state index is 0. The molecule has 0 bridgehead atoms. The van der Waals surface area contributed by atoms with Crippen LogP contribution in [0.2, 0.25) is 0 Å². The number of fused-ring (bicyclic) bond motifs is 6. The number of hydrogen-bond acceptors (Lipinski definition) is 3. The van der Waals surface area contributed by atoms with Crippen LogP contribution in [0.15, 0.2) is 134 Å². The molecule has 1 unspecified atom stereocenters. The van der Waals surface area contributed by atoms with Crippen LogP contribution in [0.5, 0.6) is 0 Å². The predicted molar refractivity (Wildman–Crippen MR) is 204 cm³/mol. The molecule has 0 fully saturated rings. The maximum Gasteiger partial charge on any atom is 0.109 e. The van der Waals surface area contributed by atoms with Gasteiger partial charge in [-0.05, 0) is 58.9 Å². The fraction of sp³-hybridized carbons (Fsp3) is 0.205. The summed E-state index contributed by atoms with van der Waals surface area (Å²) in [5, 5.41) is 2.64. The number of nitrogens with zero attached hydrogens (tertiary/aromatic N) is 5. The van der Waals surface area contributed by atoms with Crippen molar-refractivity contribution in [1.82, 2.24) is 19.0 Å². The molecule has 0 N–H and O–H groups in total. The van der Waals surface area contributed by atoms with E-state index in [1.165, 1.54) is 55.6 Å². The Morgan fingerprint density at radius 3 is 2.18 bits per heavy atom. The zero-order valence-electron chi connectivity index (χ0n) is 29.2. The van der Waals surface area contributed by atoms with Crippen LogP contribution in [0.1, 0.15) is 56.2 Å². The van der Waals surface area contributed by atoms with Crippen LogP contribution in [0.4, 0.5) is 5.69 Å². The molecule has 0 amide bonds. The second kappa shape index (κ2) is 13.8. The van der Waals surface area contributed by atoms with Gasteiger partial charge in [0, 0.05) is 86.2 Å². The first-order valence-electron chi connectivity index (χ1n) is 17.3. The average Bonchev–Trinajstić information content (AvgIpc) is 3.91. The van der Waals surface area contributed by atoms with Crippen LogP contribution in [-0.2, 0) is 26.5 Å². The first kappa shape index (κ1) is 33.6. The van der Waals surface area contributed by atoms with Crippen molar-refractivity contribution in [1.29, 1.82) is 0 Å². The topological polar surface area (TPSA) is 29.2 Å². The van der Waals surface area contributed by atoms with Gasteiger partial charge in [0.15, 0.2) is 0 Å². The Kier molecular flexibility index (Phi) is 9.26. The summed E-state index contributed by atoms with van der Waals surface area (Å²) in [4.78, 5) is 9.30. The van der Waals surface area contributed by atoms with E-state index in [0.29, 0.717) is 18.0 Å². The SMILES string of the molecule is CC(C)c1cccc(C(C)C)c1-n1ccnc1-c1[c-]cccc1.CN1C=CN2c3cc4c5ccccc5n(-c5ccccc5)c4cc3CC12.[Ir]. The smallest absolute Gasteiger partial charge is 0.109 e. The molecule has 0 spiro atoms. The molecule has 4 heterocycles. The Hall–Kier alpha value is -4.90. The third-order valence-electron chi connectivity index (χ3n) is 10.00. The van der Waals surface area contributed by atoms with Crippen LogP contribution in [0, 0.1) is 6.07 Å². The summed E-state index contributed by atoms with van der Waals surface area (Å²) in [7, 11) is 2.16. The molecule has 253 valence electrons. The van der Waals surface area contributed by atoms with Crippen LogP contribution in [-0.4, -0.2) is 32.2 Å². The summed E-state index contributed by atoms with van der Waals surface area (Å²) in [5.41, 5.74) is 11.5. The summed E-state index contributed by atoms with van der Waals surface area (Å²) in [6.07, 6.45) is 9.79. The van der Waals surface area contributed by atoms with Gasteiger partial charge in [0.05, 0.1) is 16.9 Å². The van der Waals surface area contributed by atoms with Crippen molar-refractivity contribution in [3.8, 4) is 22.8 Å². The summed E-state index contributed by atoms with van der Waals surface area (Å²) < 4.78 is 4.62. The van der Waals surface area contributed by atoms with Gasteiger partial charge < -0.3 is 18.9 Å². The largest absolute Gasteiger partial charge is 0.358 e. The fourth-order valence-corrected chi connectivity index (χ4v) is 7.56. The van der Waals surface area contributed by atoms with Crippen molar-refractivity contribution in [2.45, 2.75) is 52.1 Å². The van der Waals surface area contributed by atoms with Gasteiger partial charge >= 0.3 is 0 Å². The molecule has 5 nitrogen and oxygen atoms in total. The van der Waals surface area contributed by atoms with E-state index in [9.17, 15) is 0 Å². The average molecular weight is 833 g/mol. The second-order valence-electron chi connectivity index (χ2n) is 13.7. The summed E-state index contributed by atoms with van der Waals surface area (Å²) >= 11 is 0. The normalized spacial score (nSPS) is 14.7. The maximum absolute atomic E-state index is 4.60. The minimum Gasteiger partial charge on any atom is -0.358 e. The van der Waals surface area contributed by atoms with Crippen LogP contribution < -0.4 is 4.90 Å². The van der Waals surface area contributed by atoms with E-state index in [2.05, 4.69) is 174 Å². The van der Waals surface area contributed by atoms with Gasteiger partial charge in [0.25, 0.3) is 0 Å². The van der Waals surface area contributed by atoms with E-state index in [4.69, 9.17) is 0 Å². The van der Waals surface area contributed by atoms with Gasteiger partial charge in [-0.25, -0.2) is 0 Å². The number of para-hydroxylation sites is 3.